The van der Waals surface area contributed by atoms with Crippen LogP contribution in [0.5, 0.6) is 5.75 Å². The van der Waals surface area contributed by atoms with Crippen molar-refractivity contribution in [3.05, 3.63) is 59.4 Å². The van der Waals surface area contributed by atoms with Gasteiger partial charge < -0.3 is 15.2 Å². The number of amides is 1. The predicted molar refractivity (Wildman–Crippen MR) is 82.2 cm³/mol. The normalized spacial score (nSPS) is 10.3. The number of nitrogens with one attached hydrogen (secondary N) is 1. The van der Waals surface area contributed by atoms with Crippen molar-refractivity contribution in [3.8, 4) is 5.75 Å². The van der Waals surface area contributed by atoms with E-state index in [1.807, 2.05) is 19.1 Å². The molecule has 2 aromatic rings. The zero-order valence-corrected chi connectivity index (χ0v) is 12.3. The Morgan fingerprint density at radius 1 is 1.23 bits per heavy atom. The van der Waals surface area contributed by atoms with E-state index < -0.39 is 0 Å². The zero-order valence-electron chi connectivity index (χ0n) is 12.3. The van der Waals surface area contributed by atoms with E-state index in [2.05, 4.69) is 5.32 Å². The van der Waals surface area contributed by atoms with Gasteiger partial charge >= 0.3 is 0 Å². The van der Waals surface area contributed by atoms with Gasteiger partial charge in [-0.1, -0.05) is 12.1 Å². The Morgan fingerprint density at radius 2 is 1.95 bits per heavy atom. The maximum Gasteiger partial charge on any atom is 0.227 e. The summed E-state index contributed by atoms with van der Waals surface area (Å²) in [6.07, 6.45) is 0.181. The first kappa shape index (κ1) is 16.0. The second-order valence-electron chi connectivity index (χ2n) is 4.91. The third-order valence-electron chi connectivity index (χ3n) is 3.17. The highest BCUT2D eigenvalue weighted by molar-refractivity contribution is 5.91. The van der Waals surface area contributed by atoms with Crippen molar-refractivity contribution in [2.75, 3.05) is 11.9 Å². The summed E-state index contributed by atoms with van der Waals surface area (Å²) < 4.78 is 18.1. The molecule has 2 rings (SSSR count). The Kier molecular flexibility index (Phi) is 5.49. The van der Waals surface area contributed by atoms with Crippen LogP contribution < -0.4 is 10.1 Å². The summed E-state index contributed by atoms with van der Waals surface area (Å²) in [6, 6.07) is 11.0. The third-order valence-corrected chi connectivity index (χ3v) is 3.17. The van der Waals surface area contributed by atoms with Crippen LogP contribution in [0.25, 0.3) is 0 Å². The number of aliphatic hydroxyl groups excluding tert-OH is 1. The van der Waals surface area contributed by atoms with E-state index in [1.54, 1.807) is 6.07 Å². The molecule has 0 saturated carbocycles. The average Bonchev–Trinajstić information content (AvgIpc) is 2.51. The number of hydrogen-bond donors (Lipinski definition) is 2. The smallest absolute Gasteiger partial charge is 0.227 e. The number of aliphatic hydroxyl groups is 1. The number of carbonyl (C=O) groups is 1. The summed E-state index contributed by atoms with van der Waals surface area (Å²) in [5, 5.41) is 11.9. The standard InChI is InChI=1S/C17H18FNO3/c1-12-2-3-13(11-20)10-16(12)19-17(21)8-9-22-15-6-4-14(18)5-7-15/h2-7,10,20H,8-9,11H2,1H3,(H,19,21). The number of ether oxygens (including phenoxy) is 1. The van der Waals surface area contributed by atoms with Crippen molar-refractivity contribution in [1.82, 2.24) is 0 Å². The van der Waals surface area contributed by atoms with Gasteiger partial charge in [-0.2, -0.15) is 0 Å². The van der Waals surface area contributed by atoms with Crippen molar-refractivity contribution >= 4 is 11.6 Å². The quantitative estimate of drug-likeness (QED) is 0.862. The maximum atomic E-state index is 12.7. The summed E-state index contributed by atoms with van der Waals surface area (Å²) in [6.45, 7) is 2.01. The molecule has 0 unspecified atom stereocenters. The lowest BCUT2D eigenvalue weighted by Crippen LogP contribution is -2.16. The van der Waals surface area contributed by atoms with Crippen LogP contribution in [0.4, 0.5) is 10.1 Å². The van der Waals surface area contributed by atoms with Gasteiger partial charge in [-0.05, 0) is 48.4 Å². The molecule has 0 aliphatic carbocycles. The van der Waals surface area contributed by atoms with Gasteiger partial charge in [-0.25, -0.2) is 4.39 Å². The van der Waals surface area contributed by atoms with E-state index in [-0.39, 0.29) is 31.4 Å². The van der Waals surface area contributed by atoms with Gasteiger partial charge in [0.15, 0.2) is 0 Å². The van der Waals surface area contributed by atoms with Crippen molar-refractivity contribution in [3.63, 3.8) is 0 Å². The Labute approximate surface area is 128 Å². The lowest BCUT2D eigenvalue weighted by atomic mass is 10.1. The molecule has 2 aromatic carbocycles. The molecular formula is C17H18FNO3. The second kappa shape index (κ2) is 7.56. The van der Waals surface area contributed by atoms with E-state index in [1.165, 1.54) is 24.3 Å². The number of hydrogen-bond acceptors (Lipinski definition) is 3. The fourth-order valence-electron chi connectivity index (χ4n) is 1.91. The van der Waals surface area contributed by atoms with E-state index in [9.17, 15) is 9.18 Å². The van der Waals surface area contributed by atoms with Gasteiger partial charge in [-0.3, -0.25) is 4.79 Å². The fraction of sp³-hybridized carbons (Fsp3) is 0.235. The molecule has 0 aromatic heterocycles. The summed E-state index contributed by atoms with van der Waals surface area (Å²) in [7, 11) is 0. The first-order chi connectivity index (χ1) is 10.6. The van der Waals surface area contributed by atoms with Crippen molar-refractivity contribution in [2.45, 2.75) is 20.0 Å². The highest BCUT2D eigenvalue weighted by Crippen LogP contribution is 2.17. The van der Waals surface area contributed by atoms with E-state index in [4.69, 9.17) is 9.84 Å². The van der Waals surface area contributed by atoms with Crippen LogP contribution in [0, 0.1) is 12.7 Å². The minimum absolute atomic E-state index is 0.0726. The molecule has 5 heteroatoms. The molecule has 0 saturated heterocycles. The van der Waals surface area contributed by atoms with Crippen LogP contribution in [-0.2, 0) is 11.4 Å². The minimum atomic E-state index is -0.329. The molecule has 0 bridgehead atoms. The summed E-state index contributed by atoms with van der Waals surface area (Å²) in [5.74, 6) is 0.0114. The minimum Gasteiger partial charge on any atom is -0.493 e. The molecule has 0 fully saturated rings. The molecular weight excluding hydrogens is 285 g/mol. The van der Waals surface area contributed by atoms with Crippen LogP contribution in [0.2, 0.25) is 0 Å². The predicted octanol–water partition coefficient (Wildman–Crippen LogP) is 3.03. The Morgan fingerprint density at radius 3 is 2.64 bits per heavy atom. The van der Waals surface area contributed by atoms with E-state index in [0.717, 1.165) is 11.1 Å². The molecule has 0 atom stereocenters. The van der Waals surface area contributed by atoms with Gasteiger partial charge in [0, 0.05) is 5.69 Å². The lowest BCUT2D eigenvalue weighted by Gasteiger charge is -2.10. The molecule has 2 N–H and O–H groups in total. The van der Waals surface area contributed by atoms with Crippen LogP contribution in [0.3, 0.4) is 0 Å². The SMILES string of the molecule is Cc1ccc(CO)cc1NC(=O)CCOc1ccc(F)cc1. The first-order valence-electron chi connectivity index (χ1n) is 6.97. The van der Waals surface area contributed by atoms with Crippen LogP contribution >= 0.6 is 0 Å². The molecule has 0 aliphatic heterocycles. The Bertz CT molecular complexity index is 641. The van der Waals surface area contributed by atoms with Gasteiger partial charge in [0.2, 0.25) is 5.91 Å². The highest BCUT2D eigenvalue weighted by Gasteiger charge is 2.06. The number of benzene rings is 2. The Hall–Kier alpha value is -2.40. The van der Waals surface area contributed by atoms with Crippen molar-refractivity contribution in [1.29, 1.82) is 0 Å². The first-order valence-corrected chi connectivity index (χ1v) is 6.97. The fourth-order valence-corrected chi connectivity index (χ4v) is 1.91. The van der Waals surface area contributed by atoms with Gasteiger partial charge in [-0.15, -0.1) is 0 Å². The van der Waals surface area contributed by atoms with Crippen molar-refractivity contribution in [2.24, 2.45) is 0 Å². The molecule has 116 valence electrons. The molecule has 4 nitrogen and oxygen atoms in total. The van der Waals surface area contributed by atoms with E-state index >= 15 is 0 Å². The van der Waals surface area contributed by atoms with E-state index in [0.29, 0.717) is 11.4 Å². The van der Waals surface area contributed by atoms with Gasteiger partial charge in [0.25, 0.3) is 0 Å². The largest absolute Gasteiger partial charge is 0.493 e. The molecule has 0 radical (unpaired) electrons. The Balaban J connectivity index is 1.84. The maximum absolute atomic E-state index is 12.7. The van der Waals surface area contributed by atoms with Crippen molar-refractivity contribution < 1.29 is 19.0 Å². The topological polar surface area (TPSA) is 58.6 Å². The monoisotopic (exact) mass is 303 g/mol. The zero-order chi connectivity index (χ0) is 15.9. The van der Waals surface area contributed by atoms with Crippen LogP contribution in [0.15, 0.2) is 42.5 Å². The summed E-state index contributed by atoms with van der Waals surface area (Å²) in [5.41, 5.74) is 2.34. The molecule has 0 spiro atoms. The number of anilines is 1. The number of aryl methyl sites for hydroxylation is 1. The highest BCUT2D eigenvalue weighted by atomic mass is 19.1. The second-order valence-corrected chi connectivity index (χ2v) is 4.91. The number of rotatable bonds is 6. The molecule has 1 amide bonds. The average molecular weight is 303 g/mol. The number of halogens is 1. The van der Waals surface area contributed by atoms with Crippen LogP contribution in [-0.4, -0.2) is 17.6 Å². The summed E-state index contributed by atoms with van der Waals surface area (Å²) >= 11 is 0. The van der Waals surface area contributed by atoms with Crippen LogP contribution in [0.1, 0.15) is 17.5 Å². The molecule has 22 heavy (non-hydrogen) atoms. The van der Waals surface area contributed by atoms with Gasteiger partial charge in [0.1, 0.15) is 11.6 Å². The lowest BCUT2D eigenvalue weighted by molar-refractivity contribution is -0.116. The van der Waals surface area contributed by atoms with Gasteiger partial charge in [0.05, 0.1) is 19.6 Å². The number of carbonyl (C=O) groups excluding carboxylic acids is 1. The third kappa shape index (κ3) is 4.56. The molecule has 0 heterocycles. The molecule has 0 aliphatic rings. The summed E-state index contributed by atoms with van der Waals surface area (Å²) in [4.78, 5) is 11.9.